The molecular formula is C75H92N14O16S2. The normalized spacial score (nSPS) is 20.9. The summed E-state index contributed by atoms with van der Waals surface area (Å²) in [7, 11) is -3.45. The summed E-state index contributed by atoms with van der Waals surface area (Å²) in [6, 6.07) is 17.4. The number of carboxylic acid groups (broad SMARTS) is 1. The topological polar surface area (TPSA) is 420 Å². The molecule has 0 spiro atoms. The highest BCUT2D eigenvalue weighted by Gasteiger charge is 2.66. The highest BCUT2D eigenvalue weighted by atomic mass is 32.2. The first-order valence-electron chi connectivity index (χ1n) is 35.9. The number of alkyl carbamates (subject to hydrolysis) is 1. The largest absolute Gasteiger partial charge is 0.476 e. The zero-order valence-electron chi connectivity index (χ0n) is 60.8. The predicted molar refractivity (Wildman–Crippen MR) is 398 cm³/mol. The van der Waals surface area contributed by atoms with Crippen LogP contribution in [0.4, 0.5) is 30.9 Å². The minimum Gasteiger partial charge on any atom is -0.476 e. The van der Waals surface area contributed by atoms with Crippen molar-refractivity contribution in [1.29, 1.82) is 0 Å². The zero-order chi connectivity index (χ0) is 76.9. The first-order chi connectivity index (χ1) is 50.7. The molecule has 5 atom stereocenters. The van der Waals surface area contributed by atoms with E-state index in [0.717, 1.165) is 76.2 Å². The van der Waals surface area contributed by atoms with Gasteiger partial charge in [0, 0.05) is 92.1 Å². The van der Waals surface area contributed by atoms with Crippen molar-refractivity contribution < 1.29 is 75.5 Å². The van der Waals surface area contributed by atoms with Crippen LogP contribution in [0, 0.1) is 29.1 Å². The average Bonchev–Trinajstić information content (AvgIpc) is 1.40. The number of para-hydroxylation sites is 1. The van der Waals surface area contributed by atoms with Gasteiger partial charge in [0.2, 0.25) is 17.7 Å². The molecule has 0 radical (unpaired) electrons. The molecule has 4 aliphatic carbocycles. The number of fused-ring (bicyclic) bond motifs is 2. The van der Waals surface area contributed by atoms with Crippen LogP contribution in [0.5, 0.6) is 0 Å². The number of thiazole rings is 1. The standard InChI is InChI=1S/C75H92N14O16S2/c1-45(2)62(83-59(90)18-8-7-11-30-87-60(91)27-28-61(87)92)66(95)89(56(64(76)93)16-12-29-78-68(77)98)50-23-19-47(20-24-50)36-104-71(100)82-55(37-107(101,102)103)65(94)85(6)32-33-105-75-41-72(4)38-73(5,42-75)40-74(39-72,43-75)44-88-46(3)52(35-79-88)51-25-26-53(80-63(51)67(96)97)49-22-21-48-14-13-31-86(57(48)34-49)70(99)84-69-81-54-15-9-10-17-58(54)106-69/h9-10,15,17,19-28,34-35,45,55-56,62H,7-8,11-14,16,18,29-33,36-44H2,1-6H3,(H2,76,93)(H,82,100)(H,83,90)(H,96,97)(H3,77,78,98)(H,81,84,99)(H,101,102,103)/t55-,56-,62-,72?,73?,74?,75?/m0/s1. The second-order valence-corrected chi connectivity index (χ2v) is 32.7. The lowest BCUT2D eigenvalue weighted by molar-refractivity contribution is -0.248. The van der Waals surface area contributed by atoms with Crippen molar-refractivity contribution in [2.75, 3.05) is 60.7 Å². The number of nitrogens with zero attached hydrogens (tertiary/aromatic N) is 8. The van der Waals surface area contributed by atoms with E-state index in [0.29, 0.717) is 77.5 Å². The van der Waals surface area contributed by atoms with Crippen LogP contribution in [0.3, 0.4) is 0 Å². The maximum Gasteiger partial charge on any atom is 0.408 e. The smallest absolute Gasteiger partial charge is 0.408 e. The molecule has 2 aliphatic heterocycles. The van der Waals surface area contributed by atoms with Gasteiger partial charge in [-0.3, -0.25) is 58.0 Å². The number of rotatable bonds is 32. The van der Waals surface area contributed by atoms with Crippen LogP contribution in [0.1, 0.15) is 138 Å². The number of primary amides is 2. The number of ether oxygens (including phenoxy) is 2. The molecule has 5 heterocycles. The van der Waals surface area contributed by atoms with Crippen LogP contribution in [0.15, 0.2) is 97.2 Å². The van der Waals surface area contributed by atoms with E-state index in [1.165, 1.54) is 59.7 Å². The lowest BCUT2D eigenvalue weighted by atomic mass is 9.39. The fraction of sp³-hybridized carbons (Fsp3) is 0.480. The molecule has 4 saturated carbocycles. The lowest BCUT2D eigenvalue weighted by Gasteiger charge is -2.69. The number of pyridine rings is 1. The number of amides is 11. The van der Waals surface area contributed by atoms with Gasteiger partial charge in [-0.25, -0.2) is 29.1 Å². The number of nitrogens with two attached hydrogens (primary N) is 2. The summed E-state index contributed by atoms with van der Waals surface area (Å²) < 4.78 is 50.2. The van der Waals surface area contributed by atoms with Gasteiger partial charge in [0.1, 0.15) is 30.5 Å². The number of hydrogen-bond donors (Lipinski definition) is 8. The lowest BCUT2D eigenvalue weighted by Crippen LogP contribution is -2.64. The van der Waals surface area contributed by atoms with Gasteiger partial charge in [0.15, 0.2) is 10.8 Å². The van der Waals surface area contributed by atoms with Gasteiger partial charge in [-0.1, -0.05) is 81.9 Å². The Morgan fingerprint density at radius 2 is 1.54 bits per heavy atom. The minimum absolute atomic E-state index is 0.00667. The maximum absolute atomic E-state index is 14.7. The molecule has 32 heteroatoms. The van der Waals surface area contributed by atoms with Crippen LogP contribution < -0.4 is 42.5 Å². The molecule has 107 heavy (non-hydrogen) atoms. The van der Waals surface area contributed by atoms with Crippen molar-refractivity contribution in [3.05, 3.63) is 120 Å². The molecule has 11 amide bonds. The van der Waals surface area contributed by atoms with Gasteiger partial charge in [0.25, 0.3) is 27.8 Å². The Labute approximate surface area is 623 Å². The number of anilines is 3. The van der Waals surface area contributed by atoms with E-state index in [9.17, 15) is 66.0 Å². The number of benzene rings is 3. The number of likely N-dealkylation sites (N-methyl/N-ethyl adjacent to an activating group) is 1. The van der Waals surface area contributed by atoms with Crippen LogP contribution in [-0.4, -0.2) is 177 Å². The van der Waals surface area contributed by atoms with Crippen molar-refractivity contribution in [2.24, 2.45) is 33.6 Å². The van der Waals surface area contributed by atoms with Gasteiger partial charge in [-0.2, -0.15) is 13.5 Å². The van der Waals surface area contributed by atoms with Crippen molar-refractivity contribution in [1.82, 2.24) is 45.5 Å². The van der Waals surface area contributed by atoms with Gasteiger partial charge in [-0.05, 0) is 160 Å². The third-order valence-corrected chi connectivity index (χ3v) is 22.6. The van der Waals surface area contributed by atoms with Crippen LogP contribution in [0.25, 0.3) is 32.6 Å². The van der Waals surface area contributed by atoms with Gasteiger partial charge in [0.05, 0.1) is 34.3 Å². The molecule has 4 bridgehead atoms. The quantitative estimate of drug-likeness (QED) is 0.0112. The van der Waals surface area contributed by atoms with Gasteiger partial charge in [-0.15, -0.1) is 0 Å². The van der Waals surface area contributed by atoms with Crippen molar-refractivity contribution in [3.8, 4) is 22.4 Å². The van der Waals surface area contributed by atoms with E-state index in [-0.39, 0.29) is 79.2 Å². The zero-order valence-corrected chi connectivity index (χ0v) is 62.4. The van der Waals surface area contributed by atoms with E-state index in [1.807, 2.05) is 54.1 Å². The SMILES string of the molecule is Cc1c(-c2ccc(-c3ccc4c(c3)N(C(=O)Nc3nc5ccccc5s3)CCC4)nc2C(=O)O)cnn1CC12CC3(C)CC(C)(C1)CC(OCCN(C)C(=O)[C@H](CS(=O)(=O)O)NC(=O)OCc1ccc(N(C(=O)[C@@H](NC(=O)CCCCCN4C(=O)C=CC4=O)C(C)C)[C@@H](CCCNC(N)=O)C(N)=O)cc1)(C3)C2. The molecule has 10 N–H and O–H groups in total. The van der Waals surface area contributed by atoms with E-state index < -0.39 is 106 Å². The highest BCUT2D eigenvalue weighted by molar-refractivity contribution is 7.85. The Kier molecular flexibility index (Phi) is 23.4. The monoisotopic (exact) mass is 1510 g/mol. The first kappa shape index (κ1) is 77.9. The summed E-state index contributed by atoms with van der Waals surface area (Å²) >= 11 is 1.39. The number of carbonyl (C=O) groups is 10. The third-order valence-electron chi connectivity index (χ3n) is 20.9. The molecule has 3 aromatic carbocycles. The van der Waals surface area contributed by atoms with Crippen LogP contribution in [0.2, 0.25) is 0 Å². The van der Waals surface area contributed by atoms with Gasteiger partial charge < -0.3 is 46.9 Å². The Hall–Kier alpha value is -10.2. The minimum atomic E-state index is -4.87. The number of aryl methyl sites for hydroxylation is 1. The third kappa shape index (κ3) is 18.4. The number of aromatic nitrogens is 4. The molecule has 30 nitrogen and oxygen atoms in total. The average molecular weight is 1510 g/mol. The summed E-state index contributed by atoms with van der Waals surface area (Å²) in [4.78, 5) is 146. The number of carboxylic acids is 1. The molecule has 4 fully saturated rings. The second kappa shape index (κ2) is 32.1. The molecule has 12 rings (SSSR count). The summed E-state index contributed by atoms with van der Waals surface area (Å²) in [6.07, 6.45) is 10.7. The Balaban J connectivity index is 0.713. The Bertz CT molecular complexity index is 4530. The summed E-state index contributed by atoms with van der Waals surface area (Å²) in [5.74, 6) is -6.63. The second-order valence-electron chi connectivity index (χ2n) is 30.2. The fourth-order valence-corrected chi connectivity index (χ4v) is 18.8. The highest BCUT2D eigenvalue weighted by Crippen LogP contribution is 2.72. The number of carbonyl (C=O) groups excluding carboxylic acids is 9. The number of imide groups is 1. The molecule has 6 aliphatic rings. The molecule has 2 unspecified atom stereocenters. The van der Waals surface area contributed by atoms with E-state index in [2.05, 4.69) is 40.1 Å². The van der Waals surface area contributed by atoms with Crippen LogP contribution >= 0.6 is 11.3 Å². The number of unbranched alkanes of at least 4 members (excludes halogenated alkanes) is 2. The summed E-state index contributed by atoms with van der Waals surface area (Å²) in [5, 5.41) is 26.6. The molecule has 0 saturated heterocycles. The first-order valence-corrected chi connectivity index (χ1v) is 38.3. The molecular weight excluding hydrogens is 1420 g/mol. The van der Waals surface area contributed by atoms with E-state index in [1.54, 1.807) is 37.1 Å². The molecule has 570 valence electrons. The fourth-order valence-electron chi connectivity index (χ4n) is 17.3. The van der Waals surface area contributed by atoms with E-state index in [4.69, 9.17) is 31.0 Å². The van der Waals surface area contributed by atoms with Crippen molar-refractivity contribution in [3.63, 3.8) is 0 Å². The Morgan fingerprint density at radius 1 is 0.822 bits per heavy atom. The predicted octanol–water partition coefficient (Wildman–Crippen LogP) is 8.25. The van der Waals surface area contributed by atoms with Crippen molar-refractivity contribution in [2.45, 2.75) is 161 Å². The van der Waals surface area contributed by atoms with Crippen molar-refractivity contribution >= 4 is 108 Å². The van der Waals surface area contributed by atoms with Gasteiger partial charge >= 0.3 is 24.1 Å². The summed E-state index contributed by atoms with van der Waals surface area (Å²) in [5.41, 5.74) is 15.7. The number of nitrogens with one attached hydrogen (secondary N) is 4. The molecule has 6 aromatic rings. The van der Waals surface area contributed by atoms with Crippen LogP contribution in [-0.2, 0) is 67.9 Å². The summed E-state index contributed by atoms with van der Waals surface area (Å²) in [6.45, 7) is 10.7. The number of aromatic carboxylic acids is 1. The number of urea groups is 2. The molecule has 3 aromatic heterocycles. The number of hydrogen-bond acceptors (Lipinski definition) is 18. The Morgan fingerprint density at radius 3 is 2.21 bits per heavy atom. The maximum atomic E-state index is 14.7. The van der Waals surface area contributed by atoms with E-state index >= 15 is 0 Å².